The molecule has 6 nitrogen and oxygen atoms in total. The van der Waals surface area contributed by atoms with Gasteiger partial charge in [0, 0.05) is 30.4 Å². The average molecular weight is 388 g/mol. The fourth-order valence-electron chi connectivity index (χ4n) is 4.45. The first kappa shape index (κ1) is 17.9. The van der Waals surface area contributed by atoms with Gasteiger partial charge in [-0.2, -0.15) is 0 Å². The molecule has 2 aromatic carbocycles. The van der Waals surface area contributed by atoms with Crippen LogP contribution in [0, 0.1) is 0 Å². The van der Waals surface area contributed by atoms with E-state index in [1.165, 1.54) is 19.3 Å². The van der Waals surface area contributed by atoms with Crippen molar-refractivity contribution in [1.82, 2.24) is 14.9 Å². The molecule has 1 fully saturated rings. The summed E-state index contributed by atoms with van der Waals surface area (Å²) in [6, 6.07) is 15.5. The summed E-state index contributed by atoms with van der Waals surface area (Å²) in [6.07, 6.45) is 5.72. The van der Waals surface area contributed by atoms with Gasteiger partial charge in [-0.3, -0.25) is 9.59 Å². The van der Waals surface area contributed by atoms with Gasteiger partial charge in [0.25, 0.3) is 11.8 Å². The first-order valence-electron chi connectivity index (χ1n) is 10.4. The molecule has 0 unspecified atom stereocenters. The van der Waals surface area contributed by atoms with Gasteiger partial charge in [-0.25, -0.2) is 4.98 Å². The van der Waals surface area contributed by atoms with Crippen molar-refractivity contribution in [2.24, 2.45) is 0 Å². The third kappa shape index (κ3) is 3.28. The number of nitrogens with zero attached hydrogens (tertiary/aromatic N) is 3. The quantitative estimate of drug-likeness (QED) is 0.743. The van der Waals surface area contributed by atoms with Crippen LogP contribution < -0.4 is 10.2 Å². The van der Waals surface area contributed by atoms with Gasteiger partial charge >= 0.3 is 0 Å². The number of anilines is 1. The molecule has 1 saturated carbocycles. The third-order valence-electron chi connectivity index (χ3n) is 6.00. The largest absolute Gasteiger partial charge is 0.349 e. The minimum Gasteiger partial charge on any atom is -0.349 e. The maximum absolute atomic E-state index is 13.0. The maximum atomic E-state index is 13.0. The van der Waals surface area contributed by atoms with Gasteiger partial charge in [-0.05, 0) is 43.2 Å². The molecule has 0 saturated heterocycles. The van der Waals surface area contributed by atoms with Crippen molar-refractivity contribution >= 4 is 28.5 Å². The number of hydrogen-bond donors (Lipinski definition) is 1. The van der Waals surface area contributed by atoms with Crippen molar-refractivity contribution < 1.29 is 9.59 Å². The normalized spacial score (nSPS) is 17.4. The van der Waals surface area contributed by atoms with Crippen LogP contribution in [0.1, 0.15) is 53.1 Å². The standard InChI is InChI=1S/C23H24N4O2/c28-22(24-17-7-3-1-4-8-17)16-11-12-20-19(15-16)25-21-23(29)26(13-14-27(20)21)18-9-5-2-6-10-18/h2,5-6,9-12,15,17H,1,3-4,7-8,13-14H2,(H,24,28). The highest BCUT2D eigenvalue weighted by Gasteiger charge is 2.29. The number of imidazole rings is 1. The molecule has 2 heterocycles. The van der Waals surface area contributed by atoms with E-state index >= 15 is 0 Å². The monoisotopic (exact) mass is 388 g/mol. The number of carbonyl (C=O) groups is 2. The predicted molar refractivity (Wildman–Crippen MR) is 112 cm³/mol. The molecule has 2 aliphatic rings. The summed E-state index contributed by atoms with van der Waals surface area (Å²) in [5.41, 5.74) is 3.07. The zero-order chi connectivity index (χ0) is 19.8. The van der Waals surface area contributed by atoms with Crippen LogP contribution in [-0.2, 0) is 6.54 Å². The molecule has 0 atom stereocenters. The zero-order valence-corrected chi connectivity index (χ0v) is 16.3. The summed E-state index contributed by atoms with van der Waals surface area (Å²) in [5.74, 6) is 0.272. The molecule has 0 bridgehead atoms. The first-order chi connectivity index (χ1) is 14.2. The average Bonchev–Trinajstić information content (AvgIpc) is 3.14. The number of fused-ring (bicyclic) bond motifs is 3. The molecule has 148 valence electrons. The fraction of sp³-hybridized carbons (Fsp3) is 0.348. The molecule has 1 N–H and O–H groups in total. The van der Waals surface area contributed by atoms with Gasteiger partial charge in [-0.1, -0.05) is 37.5 Å². The Balaban J connectivity index is 1.42. The van der Waals surface area contributed by atoms with Crippen molar-refractivity contribution in [3.8, 4) is 0 Å². The third-order valence-corrected chi connectivity index (χ3v) is 6.00. The molecular formula is C23H24N4O2. The lowest BCUT2D eigenvalue weighted by molar-refractivity contribution is 0.0926. The van der Waals surface area contributed by atoms with Gasteiger partial charge in [0.1, 0.15) is 0 Å². The Kier molecular flexibility index (Phi) is 4.54. The van der Waals surface area contributed by atoms with Crippen LogP contribution in [0.25, 0.3) is 11.0 Å². The number of hydrogen-bond acceptors (Lipinski definition) is 3. The molecule has 3 aromatic rings. The molecule has 1 aliphatic heterocycles. The van der Waals surface area contributed by atoms with Crippen LogP contribution in [0.15, 0.2) is 48.5 Å². The number of para-hydroxylation sites is 1. The summed E-state index contributed by atoms with van der Waals surface area (Å²) >= 11 is 0. The summed E-state index contributed by atoms with van der Waals surface area (Å²) < 4.78 is 1.96. The first-order valence-corrected chi connectivity index (χ1v) is 10.4. The Bertz CT molecular complexity index is 1070. The van der Waals surface area contributed by atoms with E-state index < -0.39 is 0 Å². The van der Waals surface area contributed by atoms with Gasteiger partial charge in [-0.15, -0.1) is 0 Å². The van der Waals surface area contributed by atoms with E-state index in [0.717, 1.165) is 24.0 Å². The van der Waals surface area contributed by atoms with E-state index in [-0.39, 0.29) is 17.9 Å². The van der Waals surface area contributed by atoms with Gasteiger partial charge in [0.15, 0.2) is 0 Å². The van der Waals surface area contributed by atoms with Crippen LogP contribution in [0.4, 0.5) is 5.69 Å². The second-order valence-corrected chi connectivity index (χ2v) is 7.89. The SMILES string of the molecule is O=C(NC1CCCCC1)c1ccc2c(c1)nc1n2CCN(c2ccccc2)C1=O. The highest BCUT2D eigenvalue weighted by atomic mass is 16.2. The molecule has 1 aliphatic carbocycles. The maximum Gasteiger partial charge on any atom is 0.294 e. The van der Waals surface area contributed by atoms with Gasteiger partial charge < -0.3 is 14.8 Å². The molecule has 0 spiro atoms. The molecule has 0 radical (unpaired) electrons. The van der Waals surface area contributed by atoms with Crippen molar-refractivity contribution in [3.63, 3.8) is 0 Å². The highest BCUT2D eigenvalue weighted by Crippen LogP contribution is 2.25. The summed E-state index contributed by atoms with van der Waals surface area (Å²) in [6.45, 7) is 1.28. The van der Waals surface area contributed by atoms with E-state index in [4.69, 9.17) is 0 Å². The summed E-state index contributed by atoms with van der Waals surface area (Å²) in [5, 5.41) is 3.15. The Labute approximate surface area is 169 Å². The van der Waals surface area contributed by atoms with Crippen LogP contribution in [0.2, 0.25) is 0 Å². The van der Waals surface area contributed by atoms with Gasteiger partial charge in [0.05, 0.1) is 11.0 Å². The number of amides is 2. The van der Waals surface area contributed by atoms with E-state index in [1.807, 2.05) is 47.0 Å². The smallest absolute Gasteiger partial charge is 0.294 e. The number of carbonyl (C=O) groups excluding carboxylic acids is 2. The number of nitrogens with one attached hydrogen (secondary N) is 1. The lowest BCUT2D eigenvalue weighted by atomic mass is 9.95. The molecular weight excluding hydrogens is 364 g/mol. The van der Waals surface area contributed by atoms with Crippen LogP contribution in [0.5, 0.6) is 0 Å². The van der Waals surface area contributed by atoms with E-state index in [1.54, 1.807) is 11.0 Å². The van der Waals surface area contributed by atoms with Crippen molar-refractivity contribution in [3.05, 3.63) is 59.9 Å². The van der Waals surface area contributed by atoms with Crippen molar-refractivity contribution in [1.29, 1.82) is 0 Å². The Morgan fingerprint density at radius 2 is 1.79 bits per heavy atom. The summed E-state index contributed by atoms with van der Waals surface area (Å²) in [4.78, 5) is 32.1. The molecule has 5 rings (SSSR count). The van der Waals surface area contributed by atoms with E-state index in [2.05, 4.69) is 10.3 Å². The van der Waals surface area contributed by atoms with Crippen molar-refractivity contribution in [2.45, 2.75) is 44.7 Å². The van der Waals surface area contributed by atoms with E-state index in [9.17, 15) is 9.59 Å². The predicted octanol–water partition coefficient (Wildman–Crippen LogP) is 3.76. The van der Waals surface area contributed by atoms with Crippen LogP contribution in [-0.4, -0.2) is 34.0 Å². The fourth-order valence-corrected chi connectivity index (χ4v) is 4.45. The Morgan fingerprint density at radius 1 is 1.00 bits per heavy atom. The molecule has 2 amide bonds. The number of benzene rings is 2. The number of aromatic nitrogens is 2. The second kappa shape index (κ2) is 7.35. The number of rotatable bonds is 3. The Morgan fingerprint density at radius 3 is 2.59 bits per heavy atom. The van der Waals surface area contributed by atoms with Gasteiger partial charge in [0.2, 0.25) is 5.82 Å². The minimum atomic E-state index is -0.105. The summed E-state index contributed by atoms with van der Waals surface area (Å²) in [7, 11) is 0. The lowest BCUT2D eigenvalue weighted by Gasteiger charge is -2.27. The highest BCUT2D eigenvalue weighted by molar-refractivity contribution is 6.07. The molecule has 1 aromatic heterocycles. The molecule has 6 heteroatoms. The second-order valence-electron chi connectivity index (χ2n) is 7.89. The molecule has 29 heavy (non-hydrogen) atoms. The Hall–Kier alpha value is -3.15. The van der Waals surface area contributed by atoms with E-state index in [0.29, 0.717) is 30.0 Å². The zero-order valence-electron chi connectivity index (χ0n) is 16.3. The van der Waals surface area contributed by atoms with Crippen molar-refractivity contribution in [2.75, 3.05) is 11.4 Å². The minimum absolute atomic E-state index is 0.0537. The lowest BCUT2D eigenvalue weighted by Crippen LogP contribution is -2.40. The topological polar surface area (TPSA) is 67.2 Å². The van der Waals surface area contributed by atoms with Crippen LogP contribution >= 0.6 is 0 Å². The van der Waals surface area contributed by atoms with Crippen LogP contribution in [0.3, 0.4) is 0 Å².